The minimum Gasteiger partial charge on any atom is -0.455 e. The van der Waals surface area contributed by atoms with Crippen LogP contribution in [0, 0.1) is 5.41 Å². The van der Waals surface area contributed by atoms with Crippen LogP contribution in [-0.4, -0.2) is 5.78 Å². The Labute approximate surface area is 131 Å². The normalized spacial score (nSPS) is 11.4. The maximum Gasteiger partial charge on any atom is 0.162 e. The Kier molecular flexibility index (Phi) is 4.99. The molecule has 0 fully saturated rings. The Morgan fingerprint density at radius 3 is 2.32 bits per heavy atom. The topological polar surface area (TPSA) is 38.3 Å². The van der Waals surface area contributed by atoms with Gasteiger partial charge in [0.25, 0.3) is 0 Å². The zero-order valence-corrected chi connectivity index (χ0v) is 13.2. The van der Waals surface area contributed by atoms with Gasteiger partial charge in [0.2, 0.25) is 0 Å². The van der Waals surface area contributed by atoms with Crippen LogP contribution < -0.4 is 10.1 Å². The number of ketones is 1. The first-order chi connectivity index (χ1) is 10.5. The van der Waals surface area contributed by atoms with Crippen LogP contribution in [0.15, 0.2) is 66.9 Å². The zero-order valence-electron chi connectivity index (χ0n) is 13.2. The fraction of sp³-hybridized carbons (Fsp3) is 0.211. The highest BCUT2D eigenvalue weighted by molar-refractivity contribution is 5.94. The third kappa shape index (κ3) is 4.48. The quantitative estimate of drug-likeness (QED) is 0.787. The second kappa shape index (κ2) is 6.94. The summed E-state index contributed by atoms with van der Waals surface area (Å²) in [6, 6.07) is 17.2. The molecule has 3 heteroatoms. The van der Waals surface area contributed by atoms with Gasteiger partial charge in [-0.2, -0.15) is 0 Å². The van der Waals surface area contributed by atoms with Crippen LogP contribution in [0.5, 0.6) is 11.5 Å². The van der Waals surface area contributed by atoms with Crippen LogP contribution >= 0.6 is 0 Å². The number of carbonyl (C=O) groups excluding carboxylic acids is 1. The molecule has 0 atom stereocenters. The Hall–Kier alpha value is -2.55. The smallest absolute Gasteiger partial charge is 0.162 e. The van der Waals surface area contributed by atoms with E-state index in [0.717, 1.165) is 11.4 Å². The molecule has 0 bridgehead atoms. The van der Waals surface area contributed by atoms with E-state index in [-0.39, 0.29) is 11.2 Å². The lowest BCUT2D eigenvalue weighted by Crippen LogP contribution is -2.17. The molecule has 0 aliphatic rings. The summed E-state index contributed by atoms with van der Waals surface area (Å²) in [4.78, 5) is 11.9. The minimum absolute atomic E-state index is 0.0708. The molecule has 0 unspecified atom stereocenters. The van der Waals surface area contributed by atoms with Crippen molar-refractivity contribution in [1.29, 1.82) is 0 Å². The summed E-state index contributed by atoms with van der Waals surface area (Å²) in [6.07, 6.45) is 3.21. The molecule has 2 aromatic rings. The molecule has 1 N–H and O–H groups in total. The lowest BCUT2D eigenvalue weighted by atomic mass is 9.91. The molecule has 0 spiro atoms. The average Bonchev–Trinajstić information content (AvgIpc) is 2.49. The van der Waals surface area contributed by atoms with Crippen molar-refractivity contribution in [1.82, 2.24) is 0 Å². The van der Waals surface area contributed by atoms with Gasteiger partial charge in [-0.1, -0.05) is 51.1 Å². The van der Waals surface area contributed by atoms with E-state index in [2.05, 4.69) is 5.32 Å². The predicted octanol–water partition coefficient (Wildman–Crippen LogP) is 5.02. The van der Waals surface area contributed by atoms with Gasteiger partial charge in [0.15, 0.2) is 11.5 Å². The van der Waals surface area contributed by atoms with Gasteiger partial charge in [0.05, 0.1) is 5.69 Å². The van der Waals surface area contributed by atoms with Crippen molar-refractivity contribution in [2.75, 3.05) is 5.32 Å². The van der Waals surface area contributed by atoms with E-state index in [1.165, 1.54) is 0 Å². The molecule has 22 heavy (non-hydrogen) atoms. The molecule has 2 aromatic carbocycles. The third-order valence-electron chi connectivity index (χ3n) is 3.07. The Balaban J connectivity index is 2.09. The number of benzene rings is 2. The monoisotopic (exact) mass is 295 g/mol. The number of rotatable bonds is 5. The van der Waals surface area contributed by atoms with Crippen molar-refractivity contribution < 1.29 is 9.53 Å². The standard InChI is InChI=1S/C19H21NO2/c1-19(2,3)18(21)13-14-20-16-11-7-8-12-17(16)22-15-9-5-4-6-10-15/h4-14,20H,1-3H3/b14-13-. The maximum atomic E-state index is 11.9. The van der Waals surface area contributed by atoms with Crippen LogP contribution in [-0.2, 0) is 4.79 Å². The first-order valence-electron chi connectivity index (χ1n) is 7.26. The SMILES string of the molecule is CC(C)(C)C(=O)/C=C\Nc1ccccc1Oc1ccccc1. The van der Waals surface area contributed by atoms with Crippen LogP contribution in [0.4, 0.5) is 5.69 Å². The summed E-state index contributed by atoms with van der Waals surface area (Å²) in [5.74, 6) is 1.55. The minimum atomic E-state index is -0.377. The summed E-state index contributed by atoms with van der Waals surface area (Å²) in [5, 5.41) is 3.11. The van der Waals surface area contributed by atoms with E-state index in [1.807, 2.05) is 75.4 Å². The molecule has 2 rings (SSSR count). The zero-order chi connectivity index (χ0) is 16.0. The number of carbonyl (C=O) groups is 1. The van der Waals surface area contributed by atoms with Crippen molar-refractivity contribution in [3.8, 4) is 11.5 Å². The molecular formula is C19H21NO2. The number of allylic oxidation sites excluding steroid dienone is 1. The second-order valence-corrected chi connectivity index (χ2v) is 6.00. The molecule has 0 amide bonds. The predicted molar refractivity (Wildman–Crippen MR) is 90.2 cm³/mol. The highest BCUT2D eigenvalue weighted by atomic mass is 16.5. The van der Waals surface area contributed by atoms with Gasteiger partial charge in [-0.25, -0.2) is 0 Å². The van der Waals surface area contributed by atoms with E-state index in [1.54, 1.807) is 12.3 Å². The highest BCUT2D eigenvalue weighted by Gasteiger charge is 2.17. The van der Waals surface area contributed by atoms with Crippen molar-refractivity contribution in [2.45, 2.75) is 20.8 Å². The number of nitrogens with one attached hydrogen (secondary N) is 1. The average molecular weight is 295 g/mol. The first kappa shape index (κ1) is 15.8. The number of hydrogen-bond donors (Lipinski definition) is 1. The van der Waals surface area contributed by atoms with E-state index in [0.29, 0.717) is 5.75 Å². The molecule has 114 valence electrons. The summed E-state index contributed by atoms with van der Waals surface area (Å²) < 4.78 is 5.85. The van der Waals surface area contributed by atoms with Crippen LogP contribution in [0.25, 0.3) is 0 Å². The van der Waals surface area contributed by atoms with E-state index in [4.69, 9.17) is 4.74 Å². The summed E-state index contributed by atoms with van der Waals surface area (Å²) in [5.41, 5.74) is 0.433. The molecular weight excluding hydrogens is 274 g/mol. The van der Waals surface area contributed by atoms with E-state index in [9.17, 15) is 4.79 Å². The van der Waals surface area contributed by atoms with Gasteiger partial charge >= 0.3 is 0 Å². The first-order valence-corrected chi connectivity index (χ1v) is 7.26. The van der Waals surface area contributed by atoms with Crippen molar-refractivity contribution in [3.63, 3.8) is 0 Å². The number of para-hydroxylation sites is 3. The summed E-state index contributed by atoms with van der Waals surface area (Å²) in [6.45, 7) is 5.68. The molecule has 3 nitrogen and oxygen atoms in total. The molecule has 0 radical (unpaired) electrons. The second-order valence-electron chi connectivity index (χ2n) is 6.00. The summed E-state index contributed by atoms with van der Waals surface area (Å²) in [7, 11) is 0. The molecule has 0 aliphatic heterocycles. The highest BCUT2D eigenvalue weighted by Crippen LogP contribution is 2.29. The molecule has 0 saturated carbocycles. The Bertz CT molecular complexity index is 655. The van der Waals surface area contributed by atoms with Gasteiger partial charge in [-0.05, 0) is 30.3 Å². The fourth-order valence-corrected chi connectivity index (χ4v) is 1.75. The number of ether oxygens (including phenoxy) is 1. The van der Waals surface area contributed by atoms with Crippen molar-refractivity contribution in [2.24, 2.45) is 5.41 Å². The van der Waals surface area contributed by atoms with Crippen molar-refractivity contribution in [3.05, 3.63) is 66.9 Å². The number of anilines is 1. The summed E-state index contributed by atoms with van der Waals surface area (Å²) >= 11 is 0. The van der Waals surface area contributed by atoms with Crippen LogP contribution in [0.1, 0.15) is 20.8 Å². The van der Waals surface area contributed by atoms with Crippen LogP contribution in [0.2, 0.25) is 0 Å². The van der Waals surface area contributed by atoms with Gasteiger partial charge in [0.1, 0.15) is 5.75 Å². The molecule has 0 saturated heterocycles. The van der Waals surface area contributed by atoms with E-state index >= 15 is 0 Å². The number of hydrogen-bond acceptors (Lipinski definition) is 3. The Morgan fingerprint density at radius 1 is 1.00 bits per heavy atom. The largest absolute Gasteiger partial charge is 0.455 e. The Morgan fingerprint density at radius 2 is 1.64 bits per heavy atom. The third-order valence-corrected chi connectivity index (χ3v) is 3.07. The van der Waals surface area contributed by atoms with E-state index < -0.39 is 0 Å². The molecule has 0 aliphatic carbocycles. The van der Waals surface area contributed by atoms with Crippen molar-refractivity contribution >= 4 is 11.5 Å². The van der Waals surface area contributed by atoms with Gasteiger partial charge in [-0.3, -0.25) is 4.79 Å². The maximum absolute atomic E-state index is 11.9. The van der Waals surface area contributed by atoms with Gasteiger partial charge < -0.3 is 10.1 Å². The van der Waals surface area contributed by atoms with Gasteiger partial charge in [-0.15, -0.1) is 0 Å². The lowest BCUT2D eigenvalue weighted by molar-refractivity contribution is -0.121. The fourth-order valence-electron chi connectivity index (χ4n) is 1.75. The molecule has 0 heterocycles. The van der Waals surface area contributed by atoms with Gasteiger partial charge in [0, 0.05) is 11.6 Å². The molecule has 0 aromatic heterocycles. The van der Waals surface area contributed by atoms with Crippen LogP contribution in [0.3, 0.4) is 0 Å². The lowest BCUT2D eigenvalue weighted by Gasteiger charge is -2.13.